The minimum Gasteiger partial charge on any atom is -0.330 e. The molecule has 5 nitrogen and oxygen atoms in total. The lowest BCUT2D eigenvalue weighted by atomic mass is 10.0. The molecule has 1 saturated heterocycles. The van der Waals surface area contributed by atoms with Crippen molar-refractivity contribution in [3.63, 3.8) is 0 Å². The molecule has 6 heteroatoms. The summed E-state index contributed by atoms with van der Waals surface area (Å²) in [5.74, 6) is 0.0203. The normalized spacial score (nSPS) is 17.1. The fourth-order valence-corrected chi connectivity index (χ4v) is 3.05. The number of aromatic nitrogens is 1. The van der Waals surface area contributed by atoms with Crippen LogP contribution in [0.1, 0.15) is 32.4 Å². The molecule has 0 aromatic carbocycles. The van der Waals surface area contributed by atoms with Gasteiger partial charge in [-0.2, -0.15) is 0 Å². The molecule has 1 aromatic heterocycles. The van der Waals surface area contributed by atoms with Gasteiger partial charge in [0.1, 0.15) is 6.04 Å². The smallest absolute Gasteiger partial charge is 0.249 e. The average Bonchev–Trinajstić information content (AvgIpc) is 2.89. The van der Waals surface area contributed by atoms with Crippen LogP contribution < -0.4 is 5.32 Å². The molecule has 1 N–H and O–H groups in total. The van der Waals surface area contributed by atoms with Crippen LogP contribution in [0.2, 0.25) is 0 Å². The zero-order valence-corrected chi connectivity index (χ0v) is 12.3. The van der Waals surface area contributed by atoms with Gasteiger partial charge in [-0.05, 0) is 19.3 Å². The van der Waals surface area contributed by atoms with Gasteiger partial charge < -0.3 is 10.2 Å². The third kappa shape index (κ3) is 3.12. The van der Waals surface area contributed by atoms with E-state index in [0.717, 1.165) is 12.1 Å². The molecule has 104 valence electrons. The Balaban J connectivity index is 2.10. The topological polar surface area (TPSA) is 62.3 Å². The van der Waals surface area contributed by atoms with E-state index in [1.54, 1.807) is 4.90 Å². The number of carbonyl (C=O) groups is 2. The molecule has 2 heterocycles. The van der Waals surface area contributed by atoms with Crippen molar-refractivity contribution in [1.29, 1.82) is 0 Å². The van der Waals surface area contributed by atoms with Crippen molar-refractivity contribution in [2.45, 2.75) is 39.7 Å². The maximum absolute atomic E-state index is 12.4. The highest BCUT2D eigenvalue weighted by molar-refractivity contribution is 7.13. The first-order chi connectivity index (χ1) is 8.99. The number of rotatable bonds is 4. The standard InChI is InChI=1S/C13H19N3O2S/c1-8(2)11(16-6-4-5-10(16)17)12(18)15-13-14-9(3)7-19-13/h7-8,11H,4-6H2,1-3H3,(H,14,15,18). The van der Waals surface area contributed by atoms with Crippen molar-refractivity contribution in [3.8, 4) is 0 Å². The van der Waals surface area contributed by atoms with E-state index in [0.29, 0.717) is 18.1 Å². The SMILES string of the molecule is Cc1csc(NC(=O)C(C(C)C)N2CCCC2=O)n1. The molecular formula is C13H19N3O2S. The van der Waals surface area contributed by atoms with Crippen LogP contribution in [0.3, 0.4) is 0 Å². The van der Waals surface area contributed by atoms with Crippen LogP contribution in [0.4, 0.5) is 5.13 Å². The van der Waals surface area contributed by atoms with Crippen LogP contribution >= 0.6 is 11.3 Å². The number of amides is 2. The lowest BCUT2D eigenvalue weighted by molar-refractivity contribution is -0.136. The first-order valence-corrected chi connectivity index (χ1v) is 7.39. The maximum Gasteiger partial charge on any atom is 0.249 e. The molecule has 0 aliphatic carbocycles. The van der Waals surface area contributed by atoms with Crippen molar-refractivity contribution in [3.05, 3.63) is 11.1 Å². The number of hydrogen-bond acceptors (Lipinski definition) is 4. The molecule has 1 unspecified atom stereocenters. The summed E-state index contributed by atoms with van der Waals surface area (Å²) >= 11 is 1.40. The summed E-state index contributed by atoms with van der Waals surface area (Å²) in [6, 6.07) is -0.404. The fourth-order valence-electron chi connectivity index (χ4n) is 2.36. The zero-order chi connectivity index (χ0) is 14.0. The van der Waals surface area contributed by atoms with Gasteiger partial charge in [0.2, 0.25) is 11.8 Å². The molecule has 2 amide bonds. The molecule has 0 radical (unpaired) electrons. The molecule has 19 heavy (non-hydrogen) atoms. The third-order valence-electron chi connectivity index (χ3n) is 3.20. The van der Waals surface area contributed by atoms with Gasteiger partial charge in [0, 0.05) is 18.3 Å². The van der Waals surface area contributed by atoms with Crippen LogP contribution in [-0.4, -0.2) is 34.3 Å². The Kier molecular flexibility index (Phi) is 4.19. The van der Waals surface area contributed by atoms with Crippen LogP contribution in [0.25, 0.3) is 0 Å². The van der Waals surface area contributed by atoms with Gasteiger partial charge in [0.25, 0.3) is 0 Å². The Labute approximate surface area is 117 Å². The lowest BCUT2D eigenvalue weighted by Crippen LogP contribution is -2.47. The molecular weight excluding hydrogens is 262 g/mol. The molecule has 1 aliphatic rings. The minimum absolute atomic E-state index is 0.0733. The lowest BCUT2D eigenvalue weighted by Gasteiger charge is -2.29. The Bertz CT molecular complexity index is 484. The van der Waals surface area contributed by atoms with E-state index in [-0.39, 0.29) is 17.7 Å². The first kappa shape index (κ1) is 14.0. The van der Waals surface area contributed by atoms with E-state index >= 15 is 0 Å². The summed E-state index contributed by atoms with van der Waals surface area (Å²) in [4.78, 5) is 30.1. The molecule has 1 aromatic rings. The molecule has 1 aliphatic heterocycles. The van der Waals surface area contributed by atoms with E-state index < -0.39 is 6.04 Å². The van der Waals surface area contributed by atoms with Gasteiger partial charge in [-0.25, -0.2) is 4.98 Å². The number of thiazole rings is 1. The first-order valence-electron chi connectivity index (χ1n) is 6.51. The second kappa shape index (κ2) is 5.69. The number of anilines is 1. The molecule has 1 atom stereocenters. The Hall–Kier alpha value is -1.43. The van der Waals surface area contributed by atoms with Gasteiger partial charge in [-0.3, -0.25) is 9.59 Å². The highest BCUT2D eigenvalue weighted by Gasteiger charge is 2.35. The quantitative estimate of drug-likeness (QED) is 0.918. The van der Waals surface area contributed by atoms with Crippen molar-refractivity contribution in [1.82, 2.24) is 9.88 Å². The van der Waals surface area contributed by atoms with Gasteiger partial charge in [0.05, 0.1) is 5.69 Å². The number of hydrogen-bond donors (Lipinski definition) is 1. The molecule has 0 bridgehead atoms. The number of carbonyl (C=O) groups excluding carboxylic acids is 2. The molecule has 1 fully saturated rings. The molecule has 0 saturated carbocycles. The van der Waals surface area contributed by atoms with Crippen molar-refractivity contribution >= 4 is 28.3 Å². The highest BCUT2D eigenvalue weighted by atomic mass is 32.1. The largest absolute Gasteiger partial charge is 0.330 e. The van der Waals surface area contributed by atoms with E-state index in [1.807, 2.05) is 26.2 Å². The Morgan fingerprint density at radius 3 is 2.74 bits per heavy atom. The van der Waals surface area contributed by atoms with Crippen molar-refractivity contribution < 1.29 is 9.59 Å². The number of nitrogens with zero attached hydrogens (tertiary/aromatic N) is 2. The highest BCUT2D eigenvalue weighted by Crippen LogP contribution is 2.22. The number of nitrogens with one attached hydrogen (secondary N) is 1. The zero-order valence-electron chi connectivity index (χ0n) is 11.5. The van der Waals surface area contributed by atoms with Crippen LogP contribution in [0.15, 0.2) is 5.38 Å². The fraction of sp³-hybridized carbons (Fsp3) is 0.615. The second-order valence-electron chi connectivity index (χ2n) is 5.16. The summed E-state index contributed by atoms with van der Waals surface area (Å²) in [6.45, 7) is 6.48. The number of aryl methyl sites for hydroxylation is 1. The van der Waals surface area contributed by atoms with Crippen LogP contribution in [-0.2, 0) is 9.59 Å². The average molecular weight is 281 g/mol. The van der Waals surface area contributed by atoms with Gasteiger partial charge in [-0.1, -0.05) is 13.8 Å². The Morgan fingerprint density at radius 1 is 1.53 bits per heavy atom. The summed E-state index contributed by atoms with van der Waals surface area (Å²) < 4.78 is 0. The third-order valence-corrected chi connectivity index (χ3v) is 4.07. The van der Waals surface area contributed by atoms with Crippen molar-refractivity contribution in [2.75, 3.05) is 11.9 Å². The monoisotopic (exact) mass is 281 g/mol. The van der Waals surface area contributed by atoms with E-state index in [2.05, 4.69) is 10.3 Å². The van der Waals surface area contributed by atoms with Gasteiger partial charge in [0.15, 0.2) is 5.13 Å². The summed E-state index contributed by atoms with van der Waals surface area (Å²) in [5.41, 5.74) is 0.888. The van der Waals surface area contributed by atoms with Crippen LogP contribution in [0, 0.1) is 12.8 Å². The van der Waals surface area contributed by atoms with E-state index in [4.69, 9.17) is 0 Å². The molecule has 0 spiro atoms. The maximum atomic E-state index is 12.4. The van der Waals surface area contributed by atoms with Crippen LogP contribution in [0.5, 0.6) is 0 Å². The predicted molar refractivity (Wildman–Crippen MR) is 75.1 cm³/mol. The summed E-state index contributed by atoms with van der Waals surface area (Å²) in [5, 5.41) is 5.30. The predicted octanol–water partition coefficient (Wildman–Crippen LogP) is 2.04. The summed E-state index contributed by atoms with van der Waals surface area (Å²) in [7, 11) is 0. The van der Waals surface area contributed by atoms with Crippen molar-refractivity contribution in [2.24, 2.45) is 5.92 Å². The number of likely N-dealkylation sites (tertiary alicyclic amines) is 1. The summed E-state index contributed by atoms with van der Waals surface area (Å²) in [6.07, 6.45) is 1.39. The minimum atomic E-state index is -0.404. The van der Waals surface area contributed by atoms with Gasteiger partial charge in [-0.15, -0.1) is 11.3 Å². The van der Waals surface area contributed by atoms with E-state index in [9.17, 15) is 9.59 Å². The molecule has 2 rings (SSSR count). The second-order valence-corrected chi connectivity index (χ2v) is 6.02. The Morgan fingerprint density at radius 2 is 2.26 bits per heavy atom. The van der Waals surface area contributed by atoms with Gasteiger partial charge >= 0.3 is 0 Å². The van der Waals surface area contributed by atoms with E-state index in [1.165, 1.54) is 11.3 Å².